The highest BCUT2D eigenvalue weighted by atomic mass is 19.1. The van der Waals surface area contributed by atoms with E-state index in [-0.39, 0.29) is 5.82 Å². The van der Waals surface area contributed by atoms with Crippen molar-refractivity contribution >= 4 is 0 Å². The molecule has 0 saturated heterocycles. The van der Waals surface area contributed by atoms with E-state index < -0.39 is 0 Å². The van der Waals surface area contributed by atoms with Crippen molar-refractivity contribution in [3.63, 3.8) is 0 Å². The number of nitrogens with one attached hydrogen (secondary N) is 1. The van der Waals surface area contributed by atoms with E-state index in [1.165, 1.54) is 25.0 Å². The second-order valence-corrected chi connectivity index (χ2v) is 4.43. The van der Waals surface area contributed by atoms with Gasteiger partial charge in [0.05, 0.1) is 0 Å². The van der Waals surface area contributed by atoms with Gasteiger partial charge in [0, 0.05) is 13.1 Å². The molecule has 0 bridgehead atoms. The molecule has 0 unspecified atom stereocenters. The highest BCUT2D eigenvalue weighted by Crippen LogP contribution is 2.43. The van der Waals surface area contributed by atoms with Gasteiger partial charge < -0.3 is 11.1 Å². The minimum absolute atomic E-state index is 0.181. The summed E-state index contributed by atoms with van der Waals surface area (Å²) in [5.41, 5.74) is 7.15. The van der Waals surface area contributed by atoms with Crippen molar-refractivity contribution in [3.8, 4) is 0 Å². The lowest BCUT2D eigenvalue weighted by atomic mass is 10.1. The predicted octanol–water partition coefficient (Wildman–Crippen LogP) is 1.65. The Kier molecular flexibility index (Phi) is 3.03. The maximum absolute atomic E-state index is 12.6. The van der Waals surface area contributed by atoms with Gasteiger partial charge in [-0.3, -0.25) is 0 Å². The van der Waals surface area contributed by atoms with Crippen LogP contribution < -0.4 is 11.1 Å². The molecule has 1 fully saturated rings. The van der Waals surface area contributed by atoms with Crippen LogP contribution in [0.2, 0.25) is 0 Å². The van der Waals surface area contributed by atoms with Gasteiger partial charge in [0.25, 0.3) is 0 Å². The first kappa shape index (κ1) is 10.6. The number of nitrogens with two attached hydrogens (primary N) is 1. The van der Waals surface area contributed by atoms with E-state index >= 15 is 0 Å². The maximum Gasteiger partial charge on any atom is 0.123 e. The monoisotopic (exact) mass is 208 g/mol. The molecule has 2 rings (SSSR count). The van der Waals surface area contributed by atoms with Gasteiger partial charge >= 0.3 is 0 Å². The molecule has 1 aromatic carbocycles. The fraction of sp³-hybridized carbons (Fsp3) is 0.500. The second kappa shape index (κ2) is 4.29. The molecule has 0 amide bonds. The van der Waals surface area contributed by atoms with E-state index in [2.05, 4.69) is 5.32 Å². The molecule has 1 aliphatic carbocycles. The average molecular weight is 208 g/mol. The lowest BCUT2D eigenvalue weighted by molar-refractivity contribution is 0.467. The normalized spacial score (nSPS) is 17.7. The van der Waals surface area contributed by atoms with Crippen molar-refractivity contribution < 1.29 is 4.39 Å². The van der Waals surface area contributed by atoms with E-state index in [0.29, 0.717) is 5.41 Å². The summed E-state index contributed by atoms with van der Waals surface area (Å²) < 4.78 is 12.6. The molecule has 0 radical (unpaired) electrons. The zero-order chi connectivity index (χ0) is 10.7. The Labute approximate surface area is 89.7 Å². The summed E-state index contributed by atoms with van der Waals surface area (Å²) in [6, 6.07) is 6.61. The topological polar surface area (TPSA) is 38.0 Å². The molecule has 0 spiro atoms. The highest BCUT2D eigenvalue weighted by Gasteiger charge is 2.40. The van der Waals surface area contributed by atoms with Crippen LogP contribution in [0.5, 0.6) is 0 Å². The predicted molar refractivity (Wildman–Crippen MR) is 58.8 cm³/mol. The molecule has 2 nitrogen and oxygen atoms in total. The van der Waals surface area contributed by atoms with Gasteiger partial charge in [0.2, 0.25) is 0 Å². The molecule has 1 saturated carbocycles. The molecule has 3 N–H and O–H groups in total. The molecular weight excluding hydrogens is 191 g/mol. The average Bonchev–Trinajstić information content (AvgIpc) is 3.02. The second-order valence-electron chi connectivity index (χ2n) is 4.43. The van der Waals surface area contributed by atoms with Crippen molar-refractivity contribution in [2.75, 3.05) is 13.1 Å². The summed E-state index contributed by atoms with van der Waals surface area (Å²) in [4.78, 5) is 0. The fourth-order valence-electron chi connectivity index (χ4n) is 1.70. The van der Waals surface area contributed by atoms with Crippen LogP contribution >= 0.6 is 0 Å². The number of benzene rings is 1. The lowest BCUT2D eigenvalue weighted by Gasteiger charge is -2.13. The van der Waals surface area contributed by atoms with E-state index in [1.54, 1.807) is 0 Å². The van der Waals surface area contributed by atoms with Gasteiger partial charge in [-0.25, -0.2) is 4.39 Å². The molecule has 0 heterocycles. The third-order valence-corrected chi connectivity index (χ3v) is 3.13. The summed E-state index contributed by atoms with van der Waals surface area (Å²) in [5.74, 6) is -0.181. The molecule has 0 atom stereocenters. The van der Waals surface area contributed by atoms with Crippen molar-refractivity contribution in [3.05, 3.63) is 35.6 Å². The van der Waals surface area contributed by atoms with E-state index in [9.17, 15) is 4.39 Å². The molecule has 82 valence electrons. The van der Waals surface area contributed by atoms with E-state index in [0.717, 1.165) is 25.2 Å². The molecule has 15 heavy (non-hydrogen) atoms. The lowest BCUT2D eigenvalue weighted by Crippen LogP contribution is -2.29. The van der Waals surface area contributed by atoms with Crippen LogP contribution in [0, 0.1) is 11.2 Å². The number of hydrogen-bond donors (Lipinski definition) is 2. The Morgan fingerprint density at radius 2 is 1.93 bits per heavy atom. The van der Waals surface area contributed by atoms with Gasteiger partial charge in [-0.2, -0.15) is 0 Å². The highest BCUT2D eigenvalue weighted by molar-refractivity contribution is 5.15. The summed E-state index contributed by atoms with van der Waals surface area (Å²) in [6.07, 6.45) is 2.47. The molecular formula is C12H17FN2. The summed E-state index contributed by atoms with van der Waals surface area (Å²) in [7, 11) is 0. The fourth-order valence-corrected chi connectivity index (χ4v) is 1.70. The standard InChI is InChI=1S/C12H17FN2/c13-11-3-1-10(2-4-11)7-15-9-12(8-14)5-6-12/h1-4,15H,5-9,14H2. The number of rotatable bonds is 5. The molecule has 0 aromatic heterocycles. The van der Waals surface area contributed by atoms with Crippen LogP contribution in [-0.2, 0) is 6.54 Å². The van der Waals surface area contributed by atoms with Gasteiger partial charge in [-0.05, 0) is 42.5 Å². The van der Waals surface area contributed by atoms with Gasteiger partial charge in [-0.15, -0.1) is 0 Å². The SMILES string of the molecule is NCC1(CNCc2ccc(F)cc2)CC1. The van der Waals surface area contributed by atoms with Crippen LogP contribution in [-0.4, -0.2) is 13.1 Å². The Balaban J connectivity index is 1.76. The summed E-state index contributed by atoms with van der Waals surface area (Å²) >= 11 is 0. The van der Waals surface area contributed by atoms with Crippen molar-refractivity contribution in [1.29, 1.82) is 0 Å². The van der Waals surface area contributed by atoms with Crippen molar-refractivity contribution in [2.24, 2.45) is 11.1 Å². The Morgan fingerprint density at radius 3 is 2.47 bits per heavy atom. The molecule has 3 heteroatoms. The largest absolute Gasteiger partial charge is 0.330 e. The number of halogens is 1. The maximum atomic E-state index is 12.6. The number of hydrogen-bond acceptors (Lipinski definition) is 2. The van der Waals surface area contributed by atoms with Crippen molar-refractivity contribution in [2.45, 2.75) is 19.4 Å². The smallest absolute Gasteiger partial charge is 0.123 e. The van der Waals surface area contributed by atoms with Gasteiger partial charge in [-0.1, -0.05) is 12.1 Å². The first-order valence-corrected chi connectivity index (χ1v) is 5.39. The first-order valence-electron chi connectivity index (χ1n) is 5.39. The van der Waals surface area contributed by atoms with Crippen molar-refractivity contribution in [1.82, 2.24) is 5.32 Å². The zero-order valence-corrected chi connectivity index (χ0v) is 8.80. The molecule has 1 aliphatic rings. The minimum Gasteiger partial charge on any atom is -0.330 e. The summed E-state index contributed by atoms with van der Waals surface area (Å²) in [6.45, 7) is 2.53. The zero-order valence-electron chi connectivity index (χ0n) is 8.80. The Morgan fingerprint density at radius 1 is 1.27 bits per heavy atom. The van der Waals surface area contributed by atoms with E-state index in [4.69, 9.17) is 5.73 Å². The van der Waals surface area contributed by atoms with Crippen LogP contribution in [0.25, 0.3) is 0 Å². The molecule has 1 aromatic rings. The third kappa shape index (κ3) is 2.76. The van der Waals surface area contributed by atoms with Crippen LogP contribution in [0.1, 0.15) is 18.4 Å². The Hall–Kier alpha value is -0.930. The molecule has 0 aliphatic heterocycles. The Bertz CT molecular complexity index is 317. The van der Waals surface area contributed by atoms with Gasteiger partial charge in [0.15, 0.2) is 0 Å². The van der Waals surface area contributed by atoms with Crippen LogP contribution in [0.3, 0.4) is 0 Å². The van der Waals surface area contributed by atoms with Crippen LogP contribution in [0.15, 0.2) is 24.3 Å². The summed E-state index contributed by atoms with van der Waals surface area (Å²) in [5, 5.41) is 3.37. The first-order chi connectivity index (χ1) is 7.24. The third-order valence-electron chi connectivity index (χ3n) is 3.13. The minimum atomic E-state index is -0.181. The van der Waals surface area contributed by atoms with Gasteiger partial charge in [0.1, 0.15) is 5.82 Å². The van der Waals surface area contributed by atoms with Crippen LogP contribution in [0.4, 0.5) is 4.39 Å². The quantitative estimate of drug-likeness (QED) is 0.772. The van der Waals surface area contributed by atoms with E-state index in [1.807, 2.05) is 12.1 Å².